The van der Waals surface area contributed by atoms with E-state index in [2.05, 4.69) is 32.9 Å². The third-order valence-corrected chi connectivity index (χ3v) is 3.35. The predicted octanol–water partition coefficient (Wildman–Crippen LogP) is 1.09. The summed E-state index contributed by atoms with van der Waals surface area (Å²) in [6, 6.07) is 0.653. The zero-order valence-corrected chi connectivity index (χ0v) is 10.3. The Morgan fingerprint density at radius 2 is 2.38 bits per heavy atom. The number of imidazole rings is 1. The summed E-state index contributed by atoms with van der Waals surface area (Å²) in [6.07, 6.45) is 6.50. The molecule has 0 bridgehead atoms. The number of nitrogens with zero attached hydrogens (tertiary/aromatic N) is 3. The van der Waals surface area contributed by atoms with Crippen molar-refractivity contribution in [2.24, 2.45) is 0 Å². The van der Waals surface area contributed by atoms with Crippen LogP contribution in [0.15, 0.2) is 12.4 Å². The van der Waals surface area contributed by atoms with Crippen LogP contribution >= 0.6 is 0 Å². The summed E-state index contributed by atoms with van der Waals surface area (Å²) in [7, 11) is 2.04. The maximum Gasteiger partial charge on any atom is 0.122 e. The summed E-state index contributed by atoms with van der Waals surface area (Å²) in [5.41, 5.74) is 0. The van der Waals surface area contributed by atoms with Crippen LogP contribution < -0.4 is 5.32 Å². The van der Waals surface area contributed by atoms with E-state index < -0.39 is 0 Å². The topological polar surface area (TPSA) is 33.1 Å². The Morgan fingerprint density at radius 1 is 1.50 bits per heavy atom. The second-order valence-electron chi connectivity index (χ2n) is 4.51. The van der Waals surface area contributed by atoms with Crippen molar-refractivity contribution in [3.05, 3.63) is 18.2 Å². The number of fused-ring (bicyclic) bond motifs is 1. The number of hydrogen-bond donors (Lipinski definition) is 1. The van der Waals surface area contributed by atoms with Crippen LogP contribution in [-0.2, 0) is 13.1 Å². The van der Waals surface area contributed by atoms with Crippen LogP contribution in [0, 0.1) is 0 Å². The number of hydrogen-bond acceptors (Lipinski definition) is 3. The highest BCUT2D eigenvalue weighted by Gasteiger charge is 2.22. The average Bonchev–Trinajstić information content (AvgIpc) is 2.75. The van der Waals surface area contributed by atoms with E-state index in [1.807, 2.05) is 13.2 Å². The van der Waals surface area contributed by atoms with Gasteiger partial charge in [0.1, 0.15) is 5.82 Å². The fraction of sp³-hybridized carbons (Fsp3) is 0.750. The smallest absolute Gasteiger partial charge is 0.122 e. The summed E-state index contributed by atoms with van der Waals surface area (Å²) in [4.78, 5) is 6.97. The molecule has 90 valence electrons. The number of nitrogens with one attached hydrogen (secondary N) is 1. The molecule has 0 aromatic carbocycles. The van der Waals surface area contributed by atoms with E-state index in [1.165, 1.54) is 18.7 Å². The average molecular weight is 222 g/mol. The number of rotatable bonds is 5. The molecule has 16 heavy (non-hydrogen) atoms. The highest BCUT2D eigenvalue weighted by Crippen LogP contribution is 2.15. The van der Waals surface area contributed by atoms with Crippen molar-refractivity contribution in [2.45, 2.75) is 38.9 Å². The normalized spacial score (nSPS) is 18.4. The Kier molecular flexibility index (Phi) is 3.96. The van der Waals surface area contributed by atoms with Gasteiger partial charge in [-0.05, 0) is 13.5 Å². The number of likely N-dealkylation sites (N-methyl/N-ethyl adjacent to an activating group) is 1. The molecule has 1 aliphatic heterocycles. The zero-order chi connectivity index (χ0) is 11.4. The Morgan fingerprint density at radius 3 is 3.12 bits per heavy atom. The molecule has 0 spiro atoms. The molecule has 1 unspecified atom stereocenters. The van der Waals surface area contributed by atoms with Gasteiger partial charge in [-0.2, -0.15) is 0 Å². The van der Waals surface area contributed by atoms with Gasteiger partial charge in [0.05, 0.1) is 6.54 Å². The lowest BCUT2D eigenvalue weighted by atomic mass is 10.1. The molecule has 2 rings (SSSR count). The van der Waals surface area contributed by atoms with Crippen LogP contribution in [0.2, 0.25) is 0 Å². The van der Waals surface area contributed by atoms with Crippen LogP contribution in [-0.4, -0.2) is 40.6 Å². The molecule has 0 aliphatic carbocycles. The van der Waals surface area contributed by atoms with Crippen LogP contribution in [0.4, 0.5) is 0 Å². The van der Waals surface area contributed by atoms with Crippen molar-refractivity contribution in [1.82, 2.24) is 19.8 Å². The fourth-order valence-electron chi connectivity index (χ4n) is 2.49. The van der Waals surface area contributed by atoms with Gasteiger partial charge in [0, 0.05) is 38.1 Å². The van der Waals surface area contributed by atoms with Gasteiger partial charge in [-0.15, -0.1) is 0 Å². The highest BCUT2D eigenvalue weighted by atomic mass is 15.3. The second-order valence-corrected chi connectivity index (χ2v) is 4.51. The molecule has 4 heteroatoms. The van der Waals surface area contributed by atoms with Crippen LogP contribution in [0.1, 0.15) is 25.6 Å². The molecular formula is C12H22N4. The van der Waals surface area contributed by atoms with E-state index in [1.54, 1.807) is 0 Å². The Labute approximate surface area is 97.7 Å². The van der Waals surface area contributed by atoms with Gasteiger partial charge in [0.15, 0.2) is 0 Å². The van der Waals surface area contributed by atoms with Gasteiger partial charge in [-0.3, -0.25) is 4.90 Å². The van der Waals surface area contributed by atoms with Crippen molar-refractivity contribution in [1.29, 1.82) is 0 Å². The largest absolute Gasteiger partial charge is 0.333 e. The summed E-state index contributed by atoms with van der Waals surface area (Å²) in [5, 5.41) is 3.30. The molecule has 1 aromatic rings. The van der Waals surface area contributed by atoms with Crippen molar-refractivity contribution < 1.29 is 0 Å². The molecule has 1 aliphatic rings. The molecule has 0 fully saturated rings. The first-order valence-corrected chi connectivity index (χ1v) is 6.23. The molecule has 0 saturated heterocycles. The summed E-state index contributed by atoms with van der Waals surface area (Å²) < 4.78 is 2.26. The molecule has 0 saturated carbocycles. The summed E-state index contributed by atoms with van der Waals surface area (Å²) in [6.45, 7) is 6.57. The van der Waals surface area contributed by atoms with E-state index in [0.29, 0.717) is 6.04 Å². The lowest BCUT2D eigenvalue weighted by Gasteiger charge is -2.34. The van der Waals surface area contributed by atoms with Gasteiger partial charge in [0.2, 0.25) is 0 Å². The first-order chi connectivity index (χ1) is 7.85. The maximum atomic E-state index is 4.41. The van der Waals surface area contributed by atoms with Gasteiger partial charge >= 0.3 is 0 Å². The molecular weight excluding hydrogens is 200 g/mol. The molecule has 4 nitrogen and oxygen atoms in total. The van der Waals surface area contributed by atoms with Crippen molar-refractivity contribution in [3.8, 4) is 0 Å². The second kappa shape index (κ2) is 5.46. The Balaban J connectivity index is 2.00. The van der Waals surface area contributed by atoms with Gasteiger partial charge < -0.3 is 9.88 Å². The van der Waals surface area contributed by atoms with E-state index >= 15 is 0 Å². The lowest BCUT2D eigenvalue weighted by molar-refractivity contribution is 0.143. The fourth-order valence-corrected chi connectivity index (χ4v) is 2.49. The van der Waals surface area contributed by atoms with Crippen molar-refractivity contribution >= 4 is 0 Å². The first kappa shape index (κ1) is 11.6. The molecule has 0 amide bonds. The third-order valence-electron chi connectivity index (χ3n) is 3.35. The van der Waals surface area contributed by atoms with Crippen LogP contribution in [0.3, 0.4) is 0 Å². The zero-order valence-electron chi connectivity index (χ0n) is 10.3. The van der Waals surface area contributed by atoms with Crippen molar-refractivity contribution in [3.63, 3.8) is 0 Å². The maximum absolute atomic E-state index is 4.41. The van der Waals surface area contributed by atoms with E-state index in [9.17, 15) is 0 Å². The van der Waals surface area contributed by atoms with Gasteiger partial charge in [0.25, 0.3) is 0 Å². The van der Waals surface area contributed by atoms with E-state index in [4.69, 9.17) is 0 Å². The minimum absolute atomic E-state index is 0.653. The Hall–Kier alpha value is -0.870. The monoisotopic (exact) mass is 222 g/mol. The van der Waals surface area contributed by atoms with Crippen molar-refractivity contribution in [2.75, 3.05) is 20.1 Å². The first-order valence-electron chi connectivity index (χ1n) is 6.23. The molecule has 1 N–H and O–H groups in total. The van der Waals surface area contributed by atoms with Gasteiger partial charge in [-0.25, -0.2) is 4.98 Å². The third kappa shape index (κ3) is 2.44. The van der Waals surface area contributed by atoms with Gasteiger partial charge in [-0.1, -0.05) is 13.3 Å². The molecule has 0 radical (unpaired) electrons. The Bertz CT molecular complexity index is 315. The summed E-state index contributed by atoms with van der Waals surface area (Å²) in [5.74, 6) is 1.21. The number of aromatic nitrogens is 2. The summed E-state index contributed by atoms with van der Waals surface area (Å²) >= 11 is 0. The molecule has 1 atom stereocenters. The highest BCUT2D eigenvalue weighted by molar-refractivity contribution is 4.96. The minimum Gasteiger partial charge on any atom is -0.333 e. The SMILES string of the molecule is CCCC(CNC)N1CCn2ccnc2C1. The van der Waals surface area contributed by atoms with Crippen LogP contribution in [0.5, 0.6) is 0 Å². The lowest BCUT2D eigenvalue weighted by Crippen LogP contribution is -2.45. The predicted molar refractivity (Wildman–Crippen MR) is 65.3 cm³/mol. The van der Waals surface area contributed by atoms with Crippen LogP contribution in [0.25, 0.3) is 0 Å². The van der Waals surface area contributed by atoms with E-state index in [0.717, 1.165) is 26.2 Å². The molecule has 1 aromatic heterocycles. The van der Waals surface area contributed by atoms with E-state index in [-0.39, 0.29) is 0 Å². The molecule has 2 heterocycles. The minimum atomic E-state index is 0.653. The standard InChI is InChI=1S/C12H22N4/c1-3-4-11(9-13-2)16-8-7-15-6-5-14-12(15)10-16/h5-6,11,13H,3-4,7-10H2,1-2H3. The quantitative estimate of drug-likeness (QED) is 0.809.